The topological polar surface area (TPSA) is 81.1 Å². The van der Waals surface area contributed by atoms with Gasteiger partial charge in [-0.25, -0.2) is 19.2 Å². The van der Waals surface area contributed by atoms with Gasteiger partial charge in [-0.05, 0) is 55.0 Å². The molecular weight excluding hydrogens is 385 g/mol. The maximum absolute atomic E-state index is 13.6. The van der Waals surface area contributed by atoms with Crippen LogP contribution in [0.15, 0.2) is 55.0 Å². The molecule has 0 saturated carbocycles. The minimum Gasteiger partial charge on any atom is -0.439 e. The van der Waals surface area contributed by atoms with Crippen LogP contribution in [0.2, 0.25) is 0 Å². The van der Waals surface area contributed by atoms with Crippen molar-refractivity contribution in [1.82, 2.24) is 19.9 Å². The fraction of sp³-hybridized carbons (Fsp3) is 0.136. The van der Waals surface area contributed by atoms with E-state index in [9.17, 15) is 9.18 Å². The first-order chi connectivity index (χ1) is 14.6. The van der Waals surface area contributed by atoms with E-state index in [1.54, 1.807) is 31.3 Å². The zero-order chi connectivity index (χ0) is 20.7. The summed E-state index contributed by atoms with van der Waals surface area (Å²) in [5, 5.41) is 6.80. The lowest BCUT2D eigenvalue weighted by Gasteiger charge is -2.10. The highest BCUT2D eigenvalue weighted by atomic mass is 19.1. The average Bonchev–Trinajstić information content (AvgIpc) is 3.34. The Morgan fingerprint density at radius 1 is 1.17 bits per heavy atom. The van der Waals surface area contributed by atoms with E-state index in [2.05, 4.69) is 20.6 Å². The van der Waals surface area contributed by atoms with Gasteiger partial charge in [0.15, 0.2) is 0 Å². The van der Waals surface area contributed by atoms with E-state index in [4.69, 9.17) is 4.74 Å². The third-order valence-electron chi connectivity index (χ3n) is 4.98. The van der Waals surface area contributed by atoms with Crippen molar-refractivity contribution in [3.8, 4) is 11.6 Å². The normalized spacial score (nSPS) is 12.7. The Balaban J connectivity index is 1.40. The molecule has 1 aliphatic rings. The molecule has 2 aromatic heterocycles. The van der Waals surface area contributed by atoms with Crippen molar-refractivity contribution < 1.29 is 13.9 Å². The van der Waals surface area contributed by atoms with Crippen molar-refractivity contribution in [3.05, 3.63) is 77.6 Å². The van der Waals surface area contributed by atoms with Gasteiger partial charge in [0.2, 0.25) is 5.88 Å². The highest BCUT2D eigenvalue weighted by molar-refractivity contribution is 5.98. The summed E-state index contributed by atoms with van der Waals surface area (Å²) in [6, 6.07) is 11.3. The van der Waals surface area contributed by atoms with Crippen LogP contribution in [-0.4, -0.2) is 20.6 Å². The van der Waals surface area contributed by atoms with E-state index in [0.29, 0.717) is 35.9 Å². The van der Waals surface area contributed by atoms with Gasteiger partial charge in [0.05, 0.1) is 16.8 Å². The number of anilines is 1. The van der Waals surface area contributed by atoms with Crippen LogP contribution in [0, 0.1) is 12.7 Å². The van der Waals surface area contributed by atoms with Gasteiger partial charge >= 0.3 is 6.03 Å². The molecule has 30 heavy (non-hydrogen) atoms. The predicted octanol–water partition coefficient (Wildman–Crippen LogP) is 4.35. The zero-order valence-corrected chi connectivity index (χ0v) is 16.1. The van der Waals surface area contributed by atoms with E-state index in [0.717, 1.165) is 22.2 Å². The molecule has 150 valence electrons. The maximum atomic E-state index is 13.6. The number of rotatable bonds is 3. The number of carbonyl (C=O) groups is 1. The molecule has 4 aromatic rings. The number of amides is 1. The quantitative estimate of drug-likeness (QED) is 0.531. The van der Waals surface area contributed by atoms with E-state index in [-0.39, 0.29) is 6.03 Å². The third kappa shape index (κ3) is 3.37. The van der Waals surface area contributed by atoms with Gasteiger partial charge in [-0.2, -0.15) is 0 Å². The number of benzene rings is 2. The van der Waals surface area contributed by atoms with Crippen LogP contribution in [0.3, 0.4) is 0 Å². The van der Waals surface area contributed by atoms with Crippen molar-refractivity contribution in [2.75, 3.05) is 5.32 Å². The van der Waals surface area contributed by atoms with Gasteiger partial charge in [0, 0.05) is 30.4 Å². The molecule has 1 amide bonds. The Kier molecular flexibility index (Phi) is 4.40. The number of aromatic nitrogens is 3. The second-order valence-corrected chi connectivity index (χ2v) is 7.16. The number of fused-ring (bicyclic) bond motifs is 2. The standard InChI is InChI=1S/C22H18FN5O2/c1-13-6-15(23)9-16(7-13)27-22(29)28-5-4-14-8-17(2-3-20(14)28)30-21-18-10-24-11-19(18)25-12-26-21/h2-9,12,24H,10-11H2,1H3,(H,27,29). The smallest absolute Gasteiger partial charge is 0.330 e. The van der Waals surface area contributed by atoms with E-state index < -0.39 is 5.82 Å². The number of aryl methyl sites for hydroxylation is 1. The fourth-order valence-electron chi connectivity index (χ4n) is 3.62. The number of halogens is 1. The van der Waals surface area contributed by atoms with Crippen LogP contribution >= 0.6 is 0 Å². The summed E-state index contributed by atoms with van der Waals surface area (Å²) < 4.78 is 21.1. The molecule has 7 nitrogen and oxygen atoms in total. The van der Waals surface area contributed by atoms with Gasteiger partial charge < -0.3 is 15.4 Å². The van der Waals surface area contributed by atoms with Gasteiger partial charge in [0.25, 0.3) is 0 Å². The summed E-state index contributed by atoms with van der Waals surface area (Å²) in [4.78, 5) is 21.2. The summed E-state index contributed by atoms with van der Waals surface area (Å²) in [6.45, 7) is 3.15. The summed E-state index contributed by atoms with van der Waals surface area (Å²) in [5.74, 6) is 0.757. The Morgan fingerprint density at radius 2 is 2.07 bits per heavy atom. The molecule has 0 unspecified atom stereocenters. The second-order valence-electron chi connectivity index (χ2n) is 7.16. The molecule has 2 aromatic carbocycles. The van der Waals surface area contributed by atoms with Crippen LogP contribution in [-0.2, 0) is 13.1 Å². The summed E-state index contributed by atoms with van der Waals surface area (Å²) >= 11 is 0. The molecular formula is C22H18FN5O2. The summed E-state index contributed by atoms with van der Waals surface area (Å²) in [7, 11) is 0. The lowest BCUT2D eigenvalue weighted by molar-refractivity contribution is 0.254. The Labute approximate surface area is 171 Å². The van der Waals surface area contributed by atoms with E-state index in [1.165, 1.54) is 23.0 Å². The molecule has 0 aliphatic carbocycles. The van der Waals surface area contributed by atoms with Gasteiger partial charge in [0.1, 0.15) is 17.9 Å². The van der Waals surface area contributed by atoms with E-state index in [1.807, 2.05) is 12.1 Å². The number of hydrogen-bond donors (Lipinski definition) is 2. The summed E-state index contributed by atoms with van der Waals surface area (Å²) in [5.41, 5.74) is 3.75. The number of nitrogens with zero attached hydrogens (tertiary/aromatic N) is 3. The fourth-order valence-corrected chi connectivity index (χ4v) is 3.62. The van der Waals surface area contributed by atoms with Crippen molar-refractivity contribution in [2.24, 2.45) is 0 Å². The molecule has 0 spiro atoms. The number of carbonyl (C=O) groups excluding carboxylic acids is 1. The maximum Gasteiger partial charge on any atom is 0.330 e. The number of nitrogens with one attached hydrogen (secondary N) is 2. The largest absolute Gasteiger partial charge is 0.439 e. The molecule has 0 atom stereocenters. The minimum absolute atomic E-state index is 0.372. The average molecular weight is 403 g/mol. The molecule has 0 fully saturated rings. The zero-order valence-electron chi connectivity index (χ0n) is 16.1. The van der Waals surface area contributed by atoms with Crippen molar-refractivity contribution in [1.29, 1.82) is 0 Å². The lowest BCUT2D eigenvalue weighted by atomic mass is 10.2. The molecule has 2 N–H and O–H groups in total. The molecule has 3 heterocycles. The predicted molar refractivity (Wildman–Crippen MR) is 110 cm³/mol. The molecule has 0 saturated heterocycles. The van der Waals surface area contributed by atoms with Crippen LogP contribution in [0.25, 0.3) is 10.9 Å². The first kappa shape index (κ1) is 18.3. The molecule has 1 aliphatic heterocycles. The minimum atomic E-state index is -0.393. The van der Waals surface area contributed by atoms with Crippen LogP contribution in [0.4, 0.5) is 14.9 Å². The molecule has 5 rings (SSSR count). The van der Waals surface area contributed by atoms with Gasteiger partial charge in [-0.15, -0.1) is 0 Å². The summed E-state index contributed by atoms with van der Waals surface area (Å²) in [6.07, 6.45) is 3.16. The van der Waals surface area contributed by atoms with Crippen molar-refractivity contribution in [3.63, 3.8) is 0 Å². The molecule has 0 bridgehead atoms. The van der Waals surface area contributed by atoms with Crippen LogP contribution in [0.1, 0.15) is 16.8 Å². The number of ether oxygens (including phenoxy) is 1. The second kappa shape index (κ2) is 7.23. The Hall–Kier alpha value is -3.78. The third-order valence-corrected chi connectivity index (χ3v) is 4.98. The SMILES string of the molecule is Cc1cc(F)cc(NC(=O)n2ccc3cc(Oc4ncnc5c4CNC5)ccc32)c1. The molecule has 8 heteroatoms. The van der Waals surface area contributed by atoms with E-state index >= 15 is 0 Å². The monoisotopic (exact) mass is 403 g/mol. The van der Waals surface area contributed by atoms with Crippen LogP contribution < -0.4 is 15.4 Å². The van der Waals surface area contributed by atoms with Crippen molar-refractivity contribution >= 4 is 22.6 Å². The Bertz CT molecular complexity index is 1260. The first-order valence-electron chi connectivity index (χ1n) is 9.48. The lowest BCUT2D eigenvalue weighted by Crippen LogP contribution is -2.18. The highest BCUT2D eigenvalue weighted by Crippen LogP contribution is 2.29. The first-order valence-corrected chi connectivity index (χ1v) is 9.48. The highest BCUT2D eigenvalue weighted by Gasteiger charge is 2.18. The van der Waals surface area contributed by atoms with Crippen molar-refractivity contribution in [2.45, 2.75) is 20.0 Å². The van der Waals surface area contributed by atoms with Gasteiger partial charge in [-0.1, -0.05) is 0 Å². The Morgan fingerprint density at radius 3 is 2.93 bits per heavy atom. The number of hydrogen-bond acceptors (Lipinski definition) is 5. The van der Waals surface area contributed by atoms with Crippen LogP contribution in [0.5, 0.6) is 11.6 Å². The molecule has 0 radical (unpaired) electrons. The van der Waals surface area contributed by atoms with Gasteiger partial charge in [-0.3, -0.25) is 4.57 Å².